The maximum Gasteiger partial charge on any atom is 0.224 e. The highest BCUT2D eigenvalue weighted by molar-refractivity contribution is 7.99. The quantitative estimate of drug-likeness (QED) is 0.811. The summed E-state index contributed by atoms with van der Waals surface area (Å²) in [5.74, 6) is 2.65. The Balaban J connectivity index is 0.00000132. The lowest BCUT2D eigenvalue weighted by Crippen LogP contribution is -2.49. The molecule has 3 saturated heterocycles. The molecule has 1 atom stereocenters. The number of thioether (sulfide) groups is 1. The molecule has 136 valence electrons. The summed E-state index contributed by atoms with van der Waals surface area (Å²) in [6.45, 7) is 5.56. The van der Waals surface area contributed by atoms with Crippen LogP contribution in [-0.2, 0) is 4.79 Å². The molecule has 3 aliphatic heterocycles. The van der Waals surface area contributed by atoms with E-state index in [1.54, 1.807) is 0 Å². The summed E-state index contributed by atoms with van der Waals surface area (Å²) in [6, 6.07) is 1.13. The third-order valence-corrected chi connectivity index (χ3v) is 6.27. The average molecular weight is 384 g/mol. The zero-order valence-electron chi connectivity index (χ0n) is 13.9. The number of nitrogens with zero attached hydrogens (tertiary/aromatic N) is 2. The first-order valence-electron chi connectivity index (χ1n) is 8.66. The number of nitrogens with one attached hydrogen (secondary N) is 1. The number of likely N-dealkylation sites (tertiary alicyclic amines) is 2. The highest BCUT2D eigenvalue weighted by Crippen LogP contribution is 2.21. The van der Waals surface area contributed by atoms with E-state index in [0.29, 0.717) is 18.4 Å². The summed E-state index contributed by atoms with van der Waals surface area (Å²) in [5.41, 5.74) is 0. The van der Waals surface area contributed by atoms with Crippen molar-refractivity contribution in [3.63, 3.8) is 0 Å². The van der Waals surface area contributed by atoms with Crippen LogP contribution < -0.4 is 5.32 Å². The number of hydrogen-bond donors (Lipinski definition) is 1. The first kappa shape index (κ1) is 21.4. The molecule has 0 saturated carbocycles. The van der Waals surface area contributed by atoms with Gasteiger partial charge in [-0.2, -0.15) is 11.8 Å². The Morgan fingerprint density at radius 2 is 1.74 bits per heavy atom. The van der Waals surface area contributed by atoms with Crippen LogP contribution in [0, 0.1) is 0 Å². The molecule has 0 aromatic heterocycles. The summed E-state index contributed by atoms with van der Waals surface area (Å²) in [7, 11) is 0. The monoisotopic (exact) mass is 383 g/mol. The molecule has 0 aliphatic carbocycles. The third kappa shape index (κ3) is 6.28. The van der Waals surface area contributed by atoms with Gasteiger partial charge in [0, 0.05) is 49.6 Å². The minimum absolute atomic E-state index is 0. The standard InChI is InChI=1S/C16H29N3OS.2ClH/c20-16(12-14-13-21-11-6-17-14)19-9-4-15(5-10-19)18-7-2-1-3-8-18;;/h14-15,17H,1-13H2;2*1H. The van der Waals surface area contributed by atoms with Gasteiger partial charge in [0.2, 0.25) is 5.91 Å². The molecule has 3 aliphatic rings. The molecule has 1 amide bonds. The zero-order chi connectivity index (χ0) is 14.5. The highest BCUT2D eigenvalue weighted by Gasteiger charge is 2.28. The van der Waals surface area contributed by atoms with E-state index in [-0.39, 0.29) is 24.8 Å². The predicted molar refractivity (Wildman–Crippen MR) is 103 cm³/mol. The van der Waals surface area contributed by atoms with Gasteiger partial charge in [-0.1, -0.05) is 6.42 Å². The number of halogens is 2. The molecule has 1 N–H and O–H groups in total. The number of carbonyl (C=O) groups is 1. The number of piperidine rings is 2. The molecule has 3 fully saturated rings. The minimum atomic E-state index is 0. The van der Waals surface area contributed by atoms with Crippen molar-refractivity contribution < 1.29 is 4.79 Å². The smallest absolute Gasteiger partial charge is 0.224 e. The number of hydrogen-bond acceptors (Lipinski definition) is 4. The lowest BCUT2D eigenvalue weighted by Gasteiger charge is -2.40. The summed E-state index contributed by atoms with van der Waals surface area (Å²) in [6.07, 6.45) is 7.19. The van der Waals surface area contributed by atoms with E-state index in [2.05, 4.69) is 15.1 Å². The second-order valence-electron chi connectivity index (χ2n) is 6.64. The van der Waals surface area contributed by atoms with Crippen molar-refractivity contribution >= 4 is 42.5 Å². The molecule has 7 heteroatoms. The molecule has 4 nitrogen and oxygen atoms in total. The molecular weight excluding hydrogens is 353 g/mol. The van der Waals surface area contributed by atoms with Crippen LogP contribution in [-0.4, -0.2) is 72.0 Å². The molecule has 0 aromatic carbocycles. The largest absolute Gasteiger partial charge is 0.343 e. The Bertz CT molecular complexity index is 342. The molecule has 0 radical (unpaired) electrons. The van der Waals surface area contributed by atoms with Crippen LogP contribution in [0.1, 0.15) is 38.5 Å². The maximum atomic E-state index is 12.4. The topological polar surface area (TPSA) is 35.6 Å². The van der Waals surface area contributed by atoms with E-state index in [9.17, 15) is 4.79 Å². The SMILES string of the molecule is Cl.Cl.O=C(CC1CSCCN1)N1CCC(N2CCCCC2)CC1. The Kier molecular flexibility index (Phi) is 10.3. The van der Waals surface area contributed by atoms with Gasteiger partial charge < -0.3 is 15.1 Å². The van der Waals surface area contributed by atoms with E-state index < -0.39 is 0 Å². The predicted octanol–water partition coefficient (Wildman–Crippen LogP) is 2.40. The van der Waals surface area contributed by atoms with Crippen molar-refractivity contribution in [2.75, 3.05) is 44.2 Å². The first-order chi connectivity index (χ1) is 10.3. The van der Waals surface area contributed by atoms with Gasteiger partial charge in [0.25, 0.3) is 0 Å². The maximum absolute atomic E-state index is 12.4. The van der Waals surface area contributed by atoms with Gasteiger partial charge in [0.15, 0.2) is 0 Å². The fraction of sp³-hybridized carbons (Fsp3) is 0.938. The fourth-order valence-corrected chi connectivity index (χ4v) is 4.80. The summed E-state index contributed by atoms with van der Waals surface area (Å²) >= 11 is 1.97. The second-order valence-corrected chi connectivity index (χ2v) is 7.79. The van der Waals surface area contributed by atoms with Crippen molar-refractivity contribution in [2.45, 2.75) is 50.6 Å². The zero-order valence-corrected chi connectivity index (χ0v) is 16.3. The first-order valence-corrected chi connectivity index (χ1v) is 9.81. The van der Waals surface area contributed by atoms with Crippen LogP contribution in [0.15, 0.2) is 0 Å². The van der Waals surface area contributed by atoms with Crippen LogP contribution in [0.4, 0.5) is 0 Å². The van der Waals surface area contributed by atoms with Gasteiger partial charge >= 0.3 is 0 Å². The third-order valence-electron chi connectivity index (χ3n) is 5.14. The Morgan fingerprint density at radius 1 is 1.04 bits per heavy atom. The Labute approximate surface area is 157 Å². The fourth-order valence-electron chi connectivity index (χ4n) is 3.85. The van der Waals surface area contributed by atoms with Crippen molar-refractivity contribution in [1.82, 2.24) is 15.1 Å². The van der Waals surface area contributed by atoms with Crippen molar-refractivity contribution in [3.05, 3.63) is 0 Å². The number of amides is 1. The summed E-state index contributed by atoms with van der Waals surface area (Å²) < 4.78 is 0. The normalized spacial score (nSPS) is 27.0. The minimum Gasteiger partial charge on any atom is -0.343 e. The van der Waals surface area contributed by atoms with E-state index >= 15 is 0 Å². The molecule has 3 heterocycles. The van der Waals surface area contributed by atoms with Crippen LogP contribution in [0.5, 0.6) is 0 Å². The van der Waals surface area contributed by atoms with Gasteiger partial charge in [-0.25, -0.2) is 0 Å². The van der Waals surface area contributed by atoms with E-state index in [0.717, 1.165) is 31.4 Å². The number of rotatable bonds is 3. The summed E-state index contributed by atoms with van der Waals surface area (Å²) in [4.78, 5) is 17.2. The van der Waals surface area contributed by atoms with E-state index in [4.69, 9.17) is 0 Å². The molecule has 23 heavy (non-hydrogen) atoms. The average Bonchev–Trinajstić information content (AvgIpc) is 2.57. The van der Waals surface area contributed by atoms with Crippen LogP contribution in [0.2, 0.25) is 0 Å². The molecule has 0 spiro atoms. The molecular formula is C16H31Cl2N3OS. The van der Waals surface area contributed by atoms with E-state index in [1.807, 2.05) is 11.8 Å². The molecule has 0 aromatic rings. The molecule has 3 rings (SSSR count). The van der Waals surface area contributed by atoms with Crippen LogP contribution >= 0.6 is 36.6 Å². The van der Waals surface area contributed by atoms with Gasteiger partial charge in [0.1, 0.15) is 0 Å². The highest BCUT2D eigenvalue weighted by atomic mass is 35.5. The second kappa shape index (κ2) is 11.0. The van der Waals surface area contributed by atoms with Gasteiger partial charge in [-0.05, 0) is 38.8 Å². The lowest BCUT2D eigenvalue weighted by atomic mass is 9.99. The van der Waals surface area contributed by atoms with Gasteiger partial charge in [0.05, 0.1) is 0 Å². The lowest BCUT2D eigenvalue weighted by molar-refractivity contribution is -0.133. The summed E-state index contributed by atoms with van der Waals surface area (Å²) in [5, 5.41) is 3.47. The Hall–Kier alpha value is 0.320. The van der Waals surface area contributed by atoms with Crippen LogP contribution in [0.3, 0.4) is 0 Å². The van der Waals surface area contributed by atoms with Gasteiger partial charge in [-0.3, -0.25) is 4.79 Å². The van der Waals surface area contributed by atoms with Crippen molar-refractivity contribution in [1.29, 1.82) is 0 Å². The molecule has 1 unspecified atom stereocenters. The van der Waals surface area contributed by atoms with Crippen molar-refractivity contribution in [2.24, 2.45) is 0 Å². The van der Waals surface area contributed by atoms with E-state index in [1.165, 1.54) is 50.9 Å². The number of carbonyl (C=O) groups excluding carboxylic acids is 1. The van der Waals surface area contributed by atoms with Gasteiger partial charge in [-0.15, -0.1) is 24.8 Å². The Morgan fingerprint density at radius 3 is 2.35 bits per heavy atom. The van der Waals surface area contributed by atoms with Crippen LogP contribution in [0.25, 0.3) is 0 Å². The molecule has 0 bridgehead atoms. The van der Waals surface area contributed by atoms with Crippen molar-refractivity contribution in [3.8, 4) is 0 Å².